The maximum absolute atomic E-state index is 11.7. The van der Waals surface area contributed by atoms with Crippen LogP contribution in [0.2, 0.25) is 0 Å². The Bertz CT molecular complexity index is 407. The molecule has 0 aliphatic carbocycles. The van der Waals surface area contributed by atoms with Crippen molar-refractivity contribution in [2.75, 3.05) is 26.1 Å². The highest BCUT2D eigenvalue weighted by Gasteiger charge is 2.25. The van der Waals surface area contributed by atoms with Gasteiger partial charge in [0, 0.05) is 13.1 Å². The molecule has 1 heterocycles. The predicted molar refractivity (Wildman–Crippen MR) is 68.9 cm³/mol. The van der Waals surface area contributed by atoms with E-state index in [1.165, 1.54) is 0 Å². The van der Waals surface area contributed by atoms with Crippen molar-refractivity contribution in [3.05, 3.63) is 29.8 Å². The van der Waals surface area contributed by atoms with Crippen LogP contribution < -0.4 is 4.74 Å². The third kappa shape index (κ3) is 3.15. The molecule has 1 aromatic carbocycles. The minimum atomic E-state index is -0.0670. The van der Waals surface area contributed by atoms with Crippen LogP contribution in [0.3, 0.4) is 0 Å². The highest BCUT2D eigenvalue weighted by atomic mass is 35.5. The van der Waals surface area contributed by atoms with Gasteiger partial charge >= 0.3 is 0 Å². The number of rotatable bonds is 4. The molecular formula is C13H16ClNO3. The van der Waals surface area contributed by atoms with Crippen molar-refractivity contribution in [1.82, 2.24) is 4.90 Å². The number of halogens is 1. The normalized spacial score (nSPS) is 20.0. The maximum Gasteiger partial charge on any atom is 0.248 e. The van der Waals surface area contributed by atoms with Crippen molar-refractivity contribution < 1.29 is 14.3 Å². The molecule has 0 N–H and O–H groups in total. The van der Waals surface area contributed by atoms with Crippen molar-refractivity contribution in [2.45, 2.75) is 12.6 Å². The summed E-state index contributed by atoms with van der Waals surface area (Å²) in [7, 11) is 1.63. The predicted octanol–water partition coefficient (Wildman–Crippen LogP) is 1.66. The Morgan fingerprint density at radius 2 is 2.17 bits per heavy atom. The number of hydrogen-bond acceptors (Lipinski definition) is 3. The Balaban J connectivity index is 2.00. The number of methoxy groups -OCH3 is 1. The minimum Gasteiger partial charge on any atom is -0.497 e. The molecule has 98 valence electrons. The fourth-order valence-corrected chi connectivity index (χ4v) is 2.06. The minimum absolute atomic E-state index is 0.00665. The van der Waals surface area contributed by atoms with Gasteiger partial charge in [0.15, 0.2) is 0 Å². The number of nitrogens with zero attached hydrogens (tertiary/aromatic N) is 1. The molecule has 1 saturated heterocycles. The summed E-state index contributed by atoms with van der Waals surface area (Å²) in [6.45, 7) is 1.25. The van der Waals surface area contributed by atoms with Gasteiger partial charge in [0.05, 0.1) is 19.1 Å². The van der Waals surface area contributed by atoms with Crippen molar-refractivity contribution in [3.8, 4) is 5.75 Å². The molecule has 0 bridgehead atoms. The van der Waals surface area contributed by atoms with Gasteiger partial charge < -0.3 is 14.4 Å². The van der Waals surface area contributed by atoms with Gasteiger partial charge in [-0.2, -0.15) is 0 Å². The maximum atomic E-state index is 11.7. The molecule has 0 radical (unpaired) electrons. The van der Waals surface area contributed by atoms with Gasteiger partial charge in [-0.05, 0) is 17.7 Å². The number of ether oxygens (including phenoxy) is 2. The molecule has 5 heteroatoms. The molecule has 1 aliphatic rings. The summed E-state index contributed by atoms with van der Waals surface area (Å²) in [4.78, 5) is 13.5. The van der Waals surface area contributed by atoms with Gasteiger partial charge in [-0.15, -0.1) is 11.6 Å². The van der Waals surface area contributed by atoms with Crippen molar-refractivity contribution in [3.63, 3.8) is 0 Å². The van der Waals surface area contributed by atoms with Gasteiger partial charge in [0.2, 0.25) is 5.91 Å². The quantitative estimate of drug-likeness (QED) is 0.781. The van der Waals surface area contributed by atoms with E-state index in [2.05, 4.69) is 0 Å². The van der Waals surface area contributed by atoms with E-state index >= 15 is 0 Å². The second kappa shape index (κ2) is 6.07. The number of carbonyl (C=O) groups is 1. The van der Waals surface area contributed by atoms with Gasteiger partial charge in [-0.25, -0.2) is 0 Å². The molecule has 4 nitrogen and oxygen atoms in total. The number of amides is 1. The fraction of sp³-hybridized carbons (Fsp3) is 0.462. The molecule has 0 saturated carbocycles. The molecular weight excluding hydrogens is 254 g/mol. The lowest BCUT2D eigenvalue weighted by Gasteiger charge is -2.31. The zero-order valence-electron chi connectivity index (χ0n) is 10.3. The third-order valence-corrected chi connectivity index (χ3v) is 3.27. The number of alkyl halides is 1. The molecule has 1 aliphatic heterocycles. The standard InChI is InChI=1S/C13H16ClNO3/c1-17-11-4-2-10(3-5-11)7-15-8-12(6-14)18-9-13(15)16/h2-5,12H,6-9H2,1H3/t12-/m0/s1. The molecule has 0 spiro atoms. The first-order chi connectivity index (χ1) is 8.72. The largest absolute Gasteiger partial charge is 0.497 e. The van der Waals surface area contributed by atoms with E-state index in [1.54, 1.807) is 12.0 Å². The Kier molecular flexibility index (Phi) is 4.44. The van der Waals surface area contributed by atoms with Crippen LogP contribution in [-0.2, 0) is 16.1 Å². The average Bonchev–Trinajstić information content (AvgIpc) is 2.42. The van der Waals surface area contributed by atoms with Gasteiger partial charge in [0.1, 0.15) is 12.4 Å². The second-order valence-corrected chi connectivity index (χ2v) is 4.52. The van der Waals surface area contributed by atoms with Gasteiger partial charge in [-0.3, -0.25) is 4.79 Å². The van der Waals surface area contributed by atoms with E-state index in [4.69, 9.17) is 21.1 Å². The lowest BCUT2D eigenvalue weighted by atomic mass is 10.2. The first-order valence-corrected chi connectivity index (χ1v) is 6.34. The van der Waals surface area contributed by atoms with Gasteiger partial charge in [-0.1, -0.05) is 12.1 Å². The molecule has 1 amide bonds. The summed E-state index contributed by atoms with van der Waals surface area (Å²) in [5.41, 5.74) is 1.07. The Morgan fingerprint density at radius 1 is 1.44 bits per heavy atom. The van der Waals surface area contributed by atoms with Crippen LogP contribution in [0.25, 0.3) is 0 Å². The Hall–Kier alpha value is -1.26. The van der Waals surface area contributed by atoms with Crippen LogP contribution in [0.5, 0.6) is 5.75 Å². The Morgan fingerprint density at radius 3 is 2.78 bits per heavy atom. The van der Waals surface area contributed by atoms with Crippen LogP contribution in [0.1, 0.15) is 5.56 Å². The lowest BCUT2D eigenvalue weighted by Crippen LogP contribution is -2.46. The highest BCUT2D eigenvalue weighted by molar-refractivity contribution is 6.18. The van der Waals surface area contributed by atoms with Crippen molar-refractivity contribution >= 4 is 17.5 Å². The highest BCUT2D eigenvalue weighted by Crippen LogP contribution is 2.15. The van der Waals surface area contributed by atoms with Crippen LogP contribution in [-0.4, -0.2) is 43.1 Å². The molecule has 0 unspecified atom stereocenters. The van der Waals surface area contributed by atoms with E-state index < -0.39 is 0 Å². The molecule has 18 heavy (non-hydrogen) atoms. The van der Waals surface area contributed by atoms with Crippen LogP contribution in [0.15, 0.2) is 24.3 Å². The van der Waals surface area contributed by atoms with Crippen LogP contribution in [0, 0.1) is 0 Å². The van der Waals surface area contributed by atoms with E-state index in [1.807, 2.05) is 24.3 Å². The monoisotopic (exact) mass is 269 g/mol. The fourth-order valence-electron chi connectivity index (χ4n) is 1.88. The average molecular weight is 270 g/mol. The SMILES string of the molecule is COc1ccc(CN2C[C@H](CCl)OCC2=O)cc1. The van der Waals surface area contributed by atoms with Crippen molar-refractivity contribution in [1.29, 1.82) is 0 Å². The molecule has 0 aromatic heterocycles. The number of hydrogen-bond donors (Lipinski definition) is 0. The summed E-state index contributed by atoms with van der Waals surface area (Å²) in [5.74, 6) is 1.23. The van der Waals surface area contributed by atoms with Crippen LogP contribution in [0.4, 0.5) is 0 Å². The second-order valence-electron chi connectivity index (χ2n) is 4.21. The smallest absolute Gasteiger partial charge is 0.248 e. The number of carbonyl (C=O) groups excluding carboxylic acids is 1. The summed E-state index contributed by atoms with van der Waals surface area (Å²) in [6.07, 6.45) is -0.0670. The first kappa shape index (κ1) is 13.2. The molecule has 2 rings (SSSR count). The third-order valence-electron chi connectivity index (χ3n) is 2.92. The number of morpholine rings is 1. The molecule has 1 aromatic rings. The van der Waals surface area contributed by atoms with Crippen molar-refractivity contribution in [2.24, 2.45) is 0 Å². The Labute approximate surface area is 111 Å². The molecule has 1 atom stereocenters. The zero-order chi connectivity index (χ0) is 13.0. The topological polar surface area (TPSA) is 38.8 Å². The van der Waals surface area contributed by atoms with E-state index in [9.17, 15) is 4.79 Å². The zero-order valence-corrected chi connectivity index (χ0v) is 11.0. The van der Waals surface area contributed by atoms with E-state index in [0.29, 0.717) is 19.0 Å². The van der Waals surface area contributed by atoms with Gasteiger partial charge in [0.25, 0.3) is 0 Å². The summed E-state index contributed by atoms with van der Waals surface area (Å²) < 4.78 is 10.4. The lowest BCUT2D eigenvalue weighted by molar-refractivity contribution is -0.148. The van der Waals surface area contributed by atoms with E-state index in [-0.39, 0.29) is 18.6 Å². The van der Waals surface area contributed by atoms with Crippen LogP contribution >= 0.6 is 11.6 Å². The number of benzene rings is 1. The summed E-state index contributed by atoms with van der Waals surface area (Å²) >= 11 is 5.76. The molecule has 1 fully saturated rings. The summed E-state index contributed by atoms with van der Waals surface area (Å²) in [5, 5.41) is 0. The summed E-state index contributed by atoms with van der Waals surface area (Å²) in [6, 6.07) is 7.69. The first-order valence-electron chi connectivity index (χ1n) is 5.81. The van der Waals surface area contributed by atoms with E-state index in [0.717, 1.165) is 11.3 Å².